The van der Waals surface area contributed by atoms with Gasteiger partial charge < -0.3 is 14.8 Å². The predicted molar refractivity (Wildman–Crippen MR) is 106 cm³/mol. The number of hydrogen-bond donors (Lipinski definition) is 1. The van der Waals surface area contributed by atoms with E-state index in [0.717, 1.165) is 23.6 Å². The van der Waals surface area contributed by atoms with E-state index < -0.39 is 0 Å². The molecule has 2 fully saturated rings. The highest BCUT2D eigenvalue weighted by Gasteiger charge is 2.54. The number of nitrogens with zero attached hydrogens (tertiary/aromatic N) is 1. The first kappa shape index (κ1) is 18.1. The van der Waals surface area contributed by atoms with E-state index >= 15 is 0 Å². The predicted octanol–water partition coefficient (Wildman–Crippen LogP) is 4.13. The summed E-state index contributed by atoms with van der Waals surface area (Å²) >= 11 is 5.90. The molecule has 3 unspecified atom stereocenters. The van der Waals surface area contributed by atoms with Crippen molar-refractivity contribution in [2.45, 2.75) is 24.9 Å². The highest BCUT2D eigenvalue weighted by molar-refractivity contribution is 6.30. The van der Waals surface area contributed by atoms with Crippen molar-refractivity contribution < 1.29 is 14.3 Å². The molecule has 27 heavy (non-hydrogen) atoms. The standard InChI is InChI=1S/C21H23ClN2O3/c1-26-18-10-3-13(11-19(18)27-2)21-16-8-9-17(16)24(21)12-20(25)23-15-6-4-14(22)5-7-15/h3-7,10-11,16-17,21H,8-9,12H2,1-2H3,(H,23,25). The summed E-state index contributed by atoms with van der Waals surface area (Å²) in [6.07, 6.45) is 2.36. The topological polar surface area (TPSA) is 50.8 Å². The molecule has 2 aliphatic rings. The van der Waals surface area contributed by atoms with Gasteiger partial charge in [-0.2, -0.15) is 0 Å². The molecule has 0 aromatic heterocycles. The van der Waals surface area contributed by atoms with Gasteiger partial charge in [-0.25, -0.2) is 0 Å². The van der Waals surface area contributed by atoms with Crippen molar-refractivity contribution >= 4 is 23.2 Å². The summed E-state index contributed by atoms with van der Waals surface area (Å²) in [5.41, 5.74) is 1.94. The maximum Gasteiger partial charge on any atom is 0.238 e. The molecular formula is C21H23ClN2O3. The Labute approximate surface area is 164 Å². The monoisotopic (exact) mass is 386 g/mol. The number of hydrogen-bond acceptors (Lipinski definition) is 4. The molecule has 1 saturated carbocycles. The van der Waals surface area contributed by atoms with Crippen LogP contribution in [-0.4, -0.2) is 37.6 Å². The molecule has 1 aliphatic carbocycles. The van der Waals surface area contributed by atoms with E-state index in [1.807, 2.05) is 24.3 Å². The van der Waals surface area contributed by atoms with Crippen molar-refractivity contribution in [1.29, 1.82) is 0 Å². The van der Waals surface area contributed by atoms with E-state index in [9.17, 15) is 4.79 Å². The third-order valence-electron chi connectivity index (χ3n) is 5.68. The van der Waals surface area contributed by atoms with Gasteiger partial charge in [-0.3, -0.25) is 9.69 Å². The number of amides is 1. The molecule has 142 valence electrons. The van der Waals surface area contributed by atoms with Gasteiger partial charge >= 0.3 is 0 Å². The Morgan fingerprint density at radius 2 is 1.85 bits per heavy atom. The molecule has 0 radical (unpaired) electrons. The molecule has 1 aliphatic heterocycles. The number of halogens is 1. The first-order valence-electron chi connectivity index (χ1n) is 9.14. The van der Waals surface area contributed by atoms with E-state index in [4.69, 9.17) is 21.1 Å². The fourth-order valence-corrected chi connectivity index (χ4v) is 4.36. The second-order valence-corrected chi connectivity index (χ2v) is 7.53. The van der Waals surface area contributed by atoms with Gasteiger partial charge in [-0.05, 0) is 60.7 Å². The third-order valence-corrected chi connectivity index (χ3v) is 5.93. The maximum atomic E-state index is 12.5. The van der Waals surface area contributed by atoms with Crippen LogP contribution in [0.25, 0.3) is 0 Å². The molecule has 2 aromatic rings. The van der Waals surface area contributed by atoms with E-state index in [1.165, 1.54) is 12.0 Å². The summed E-state index contributed by atoms with van der Waals surface area (Å²) in [4.78, 5) is 14.8. The number of rotatable bonds is 6. The van der Waals surface area contributed by atoms with Crippen LogP contribution in [0.15, 0.2) is 42.5 Å². The van der Waals surface area contributed by atoms with Crippen LogP contribution in [0, 0.1) is 5.92 Å². The lowest BCUT2D eigenvalue weighted by molar-refractivity contribution is -0.142. The van der Waals surface area contributed by atoms with Gasteiger partial charge in [0.05, 0.1) is 20.8 Å². The number of likely N-dealkylation sites (tertiary alicyclic amines) is 1. The summed E-state index contributed by atoms with van der Waals surface area (Å²) < 4.78 is 10.8. The van der Waals surface area contributed by atoms with Crippen LogP contribution in [0.3, 0.4) is 0 Å². The molecular weight excluding hydrogens is 364 g/mol. The number of benzene rings is 2. The van der Waals surface area contributed by atoms with Crippen molar-refractivity contribution in [2.24, 2.45) is 5.92 Å². The Bertz CT molecular complexity index is 840. The van der Waals surface area contributed by atoms with E-state index in [2.05, 4.69) is 16.3 Å². The quantitative estimate of drug-likeness (QED) is 0.810. The Morgan fingerprint density at radius 1 is 1.11 bits per heavy atom. The van der Waals surface area contributed by atoms with Crippen molar-refractivity contribution in [3.63, 3.8) is 0 Å². The van der Waals surface area contributed by atoms with Crippen molar-refractivity contribution in [3.8, 4) is 11.5 Å². The third kappa shape index (κ3) is 3.37. The highest BCUT2D eigenvalue weighted by Crippen LogP contribution is 2.55. The second kappa shape index (κ2) is 7.41. The second-order valence-electron chi connectivity index (χ2n) is 7.10. The molecule has 1 N–H and O–H groups in total. The minimum absolute atomic E-state index is 0.00634. The fraction of sp³-hybridized carbons (Fsp3) is 0.381. The van der Waals surface area contributed by atoms with Gasteiger partial charge in [0.1, 0.15) is 0 Å². The van der Waals surface area contributed by atoms with Gasteiger partial charge in [-0.1, -0.05) is 17.7 Å². The lowest BCUT2D eigenvalue weighted by Gasteiger charge is -2.62. The summed E-state index contributed by atoms with van der Waals surface area (Å²) in [5, 5.41) is 3.61. The van der Waals surface area contributed by atoms with Crippen LogP contribution in [0.5, 0.6) is 11.5 Å². The Balaban J connectivity index is 1.47. The minimum atomic E-state index is -0.00634. The average molecular weight is 387 g/mol. The summed E-state index contributed by atoms with van der Waals surface area (Å²) in [6.45, 7) is 0.378. The van der Waals surface area contributed by atoms with Gasteiger partial charge in [0, 0.05) is 22.8 Å². The molecule has 5 nitrogen and oxygen atoms in total. The lowest BCUT2D eigenvalue weighted by atomic mass is 9.63. The molecule has 1 heterocycles. The Hall–Kier alpha value is -2.24. The van der Waals surface area contributed by atoms with Gasteiger partial charge in [-0.15, -0.1) is 0 Å². The SMILES string of the molecule is COc1ccc(C2C3CCC3N2CC(=O)Nc2ccc(Cl)cc2)cc1OC. The number of carbonyl (C=O) groups excluding carboxylic acids is 1. The first-order chi connectivity index (χ1) is 13.1. The average Bonchev–Trinajstić information content (AvgIpc) is 2.66. The molecule has 2 aromatic carbocycles. The number of ether oxygens (including phenoxy) is 2. The van der Waals surface area contributed by atoms with Crippen LogP contribution < -0.4 is 14.8 Å². The van der Waals surface area contributed by atoms with Crippen LogP contribution in [0.1, 0.15) is 24.4 Å². The number of fused-ring (bicyclic) bond motifs is 1. The zero-order chi connectivity index (χ0) is 19.0. The van der Waals surface area contributed by atoms with Gasteiger partial charge in [0.25, 0.3) is 0 Å². The smallest absolute Gasteiger partial charge is 0.238 e. The number of anilines is 1. The Morgan fingerprint density at radius 3 is 2.48 bits per heavy atom. The van der Waals surface area contributed by atoms with Gasteiger partial charge in [0.15, 0.2) is 11.5 Å². The highest BCUT2D eigenvalue weighted by atomic mass is 35.5. The van der Waals surface area contributed by atoms with E-state index in [1.54, 1.807) is 26.4 Å². The molecule has 1 saturated heterocycles. The van der Waals surface area contributed by atoms with E-state index in [-0.39, 0.29) is 11.9 Å². The summed E-state index contributed by atoms with van der Waals surface area (Å²) in [5.74, 6) is 2.06. The molecule has 0 spiro atoms. The Kier molecular flexibility index (Phi) is 4.98. The van der Waals surface area contributed by atoms with Crippen LogP contribution in [-0.2, 0) is 4.79 Å². The normalized spacial score (nSPS) is 23.6. The molecule has 3 atom stereocenters. The molecule has 6 heteroatoms. The lowest BCUT2D eigenvalue weighted by Crippen LogP contribution is -2.65. The zero-order valence-electron chi connectivity index (χ0n) is 15.4. The van der Waals surface area contributed by atoms with Crippen LogP contribution in [0.4, 0.5) is 5.69 Å². The van der Waals surface area contributed by atoms with E-state index in [0.29, 0.717) is 23.5 Å². The largest absolute Gasteiger partial charge is 0.493 e. The summed E-state index contributed by atoms with van der Waals surface area (Å²) in [7, 11) is 3.28. The number of methoxy groups -OCH3 is 2. The minimum Gasteiger partial charge on any atom is -0.493 e. The zero-order valence-corrected chi connectivity index (χ0v) is 16.2. The van der Waals surface area contributed by atoms with Gasteiger partial charge in [0.2, 0.25) is 5.91 Å². The van der Waals surface area contributed by atoms with Crippen molar-refractivity contribution in [2.75, 3.05) is 26.1 Å². The number of piperidine rings is 1. The van der Waals surface area contributed by atoms with Crippen LogP contribution >= 0.6 is 11.6 Å². The fourth-order valence-electron chi connectivity index (χ4n) is 4.23. The van der Waals surface area contributed by atoms with Crippen LogP contribution in [0.2, 0.25) is 5.02 Å². The molecule has 0 bridgehead atoms. The maximum absolute atomic E-state index is 12.5. The molecule has 4 rings (SSSR count). The van der Waals surface area contributed by atoms with Crippen molar-refractivity contribution in [1.82, 2.24) is 4.90 Å². The van der Waals surface area contributed by atoms with Crippen molar-refractivity contribution in [3.05, 3.63) is 53.1 Å². The number of carbonyl (C=O) groups is 1. The number of nitrogens with one attached hydrogen (secondary N) is 1. The molecule has 1 amide bonds. The summed E-state index contributed by atoms with van der Waals surface area (Å²) in [6, 6.07) is 14.0. The first-order valence-corrected chi connectivity index (χ1v) is 9.51.